The fourth-order valence-corrected chi connectivity index (χ4v) is 1.76. The maximum atomic E-state index is 11.9. The average Bonchev–Trinajstić information content (AvgIpc) is 2.53. The molecule has 21 heavy (non-hydrogen) atoms. The standard InChI is InChI=1S/C18H22O3/c1-3-5-6-7-11-14-16(4-2)21-18(20)17(19)15-12-9-8-10-13-15/h3,5,8-14,16H,4,6-7H2,1-2H3. The van der Waals surface area contributed by atoms with Gasteiger partial charge in [-0.2, -0.15) is 0 Å². The first-order chi connectivity index (χ1) is 10.2. The topological polar surface area (TPSA) is 43.4 Å². The van der Waals surface area contributed by atoms with Crippen LogP contribution in [-0.2, 0) is 9.53 Å². The number of unbranched alkanes of at least 4 members (excludes halogenated alkanes) is 1. The Hall–Kier alpha value is -2.16. The Morgan fingerprint density at radius 1 is 1.14 bits per heavy atom. The van der Waals surface area contributed by atoms with E-state index >= 15 is 0 Å². The van der Waals surface area contributed by atoms with Crippen LogP contribution in [0.25, 0.3) is 0 Å². The van der Waals surface area contributed by atoms with Gasteiger partial charge in [0.15, 0.2) is 0 Å². The summed E-state index contributed by atoms with van der Waals surface area (Å²) in [6.45, 7) is 3.90. The van der Waals surface area contributed by atoms with E-state index in [9.17, 15) is 9.59 Å². The summed E-state index contributed by atoms with van der Waals surface area (Å²) in [5, 5.41) is 0. The van der Waals surface area contributed by atoms with Gasteiger partial charge in [-0.3, -0.25) is 4.79 Å². The Balaban J connectivity index is 2.52. The second-order valence-corrected chi connectivity index (χ2v) is 4.62. The van der Waals surface area contributed by atoms with Gasteiger partial charge in [0.1, 0.15) is 6.10 Å². The molecule has 3 nitrogen and oxygen atoms in total. The summed E-state index contributed by atoms with van der Waals surface area (Å²) in [7, 11) is 0. The number of hydrogen-bond donors (Lipinski definition) is 0. The van der Waals surface area contributed by atoms with Gasteiger partial charge in [-0.1, -0.05) is 55.5 Å². The largest absolute Gasteiger partial charge is 0.452 e. The molecule has 0 aliphatic heterocycles. The lowest BCUT2D eigenvalue weighted by Crippen LogP contribution is -2.23. The van der Waals surface area contributed by atoms with Crippen molar-refractivity contribution in [3.8, 4) is 0 Å². The molecule has 112 valence electrons. The number of ether oxygens (including phenoxy) is 1. The van der Waals surface area contributed by atoms with Crippen molar-refractivity contribution >= 4 is 11.8 Å². The molecule has 1 unspecified atom stereocenters. The van der Waals surface area contributed by atoms with Crippen molar-refractivity contribution in [3.05, 3.63) is 60.2 Å². The van der Waals surface area contributed by atoms with Crippen LogP contribution in [-0.4, -0.2) is 17.9 Å². The molecular formula is C18H22O3. The molecule has 0 spiro atoms. The van der Waals surface area contributed by atoms with Crippen LogP contribution in [0.5, 0.6) is 0 Å². The zero-order chi connectivity index (χ0) is 15.5. The van der Waals surface area contributed by atoms with Gasteiger partial charge < -0.3 is 4.74 Å². The van der Waals surface area contributed by atoms with E-state index in [0.717, 1.165) is 12.8 Å². The zero-order valence-electron chi connectivity index (χ0n) is 12.6. The third-order valence-electron chi connectivity index (χ3n) is 2.97. The Labute approximate surface area is 126 Å². The maximum absolute atomic E-state index is 11.9. The molecule has 3 heteroatoms. The quantitative estimate of drug-likeness (QED) is 0.237. The zero-order valence-corrected chi connectivity index (χ0v) is 12.6. The number of esters is 1. The van der Waals surface area contributed by atoms with E-state index in [2.05, 4.69) is 6.08 Å². The number of rotatable bonds is 8. The van der Waals surface area contributed by atoms with Gasteiger partial charge in [0.25, 0.3) is 5.78 Å². The predicted molar refractivity (Wildman–Crippen MR) is 84.1 cm³/mol. The highest BCUT2D eigenvalue weighted by Gasteiger charge is 2.20. The summed E-state index contributed by atoms with van der Waals surface area (Å²) in [6, 6.07) is 8.46. The van der Waals surface area contributed by atoms with Gasteiger partial charge in [-0.05, 0) is 32.3 Å². The highest BCUT2D eigenvalue weighted by atomic mass is 16.5. The second kappa shape index (κ2) is 9.70. The molecule has 0 saturated heterocycles. The molecule has 0 heterocycles. The second-order valence-electron chi connectivity index (χ2n) is 4.62. The van der Waals surface area contributed by atoms with Gasteiger partial charge in [0.2, 0.25) is 0 Å². The number of Topliss-reactive ketones (excluding diaryl/α,β-unsaturated/α-hetero) is 1. The van der Waals surface area contributed by atoms with Gasteiger partial charge >= 0.3 is 5.97 Å². The summed E-state index contributed by atoms with van der Waals surface area (Å²) < 4.78 is 5.23. The van der Waals surface area contributed by atoms with E-state index in [1.165, 1.54) is 0 Å². The minimum Gasteiger partial charge on any atom is -0.452 e. The van der Waals surface area contributed by atoms with Crippen molar-refractivity contribution in [2.75, 3.05) is 0 Å². The van der Waals surface area contributed by atoms with E-state index in [1.54, 1.807) is 30.3 Å². The van der Waals surface area contributed by atoms with Gasteiger partial charge in [0.05, 0.1) is 0 Å². The fourth-order valence-electron chi connectivity index (χ4n) is 1.76. The first-order valence-electron chi connectivity index (χ1n) is 7.27. The summed E-state index contributed by atoms with van der Waals surface area (Å²) in [5.41, 5.74) is 0.356. The van der Waals surface area contributed by atoms with Crippen molar-refractivity contribution in [1.29, 1.82) is 0 Å². The highest BCUT2D eigenvalue weighted by Crippen LogP contribution is 2.07. The number of benzene rings is 1. The van der Waals surface area contributed by atoms with Crippen LogP contribution in [0.15, 0.2) is 54.6 Å². The van der Waals surface area contributed by atoms with Crippen LogP contribution in [0.2, 0.25) is 0 Å². The van der Waals surface area contributed by atoms with E-state index in [1.807, 2.05) is 32.1 Å². The SMILES string of the molecule is CC=CCCC=CC(CC)OC(=O)C(=O)c1ccccc1. The molecule has 0 radical (unpaired) electrons. The van der Waals surface area contributed by atoms with Crippen LogP contribution in [0.4, 0.5) is 0 Å². The summed E-state index contributed by atoms with van der Waals surface area (Å²) in [6.07, 6.45) is 10.1. The van der Waals surface area contributed by atoms with Crippen molar-refractivity contribution in [3.63, 3.8) is 0 Å². The molecule has 0 saturated carbocycles. The summed E-state index contributed by atoms with van der Waals surface area (Å²) in [5.74, 6) is -1.40. The monoisotopic (exact) mass is 286 g/mol. The van der Waals surface area contributed by atoms with Crippen LogP contribution in [0.1, 0.15) is 43.5 Å². The molecular weight excluding hydrogens is 264 g/mol. The predicted octanol–water partition coefficient (Wildman–Crippen LogP) is 4.10. The Kier molecular flexibility index (Phi) is 7.80. The van der Waals surface area contributed by atoms with E-state index in [4.69, 9.17) is 4.74 Å². The van der Waals surface area contributed by atoms with Crippen molar-refractivity contribution < 1.29 is 14.3 Å². The number of hydrogen-bond acceptors (Lipinski definition) is 3. The fraction of sp³-hybridized carbons (Fsp3) is 0.333. The average molecular weight is 286 g/mol. The summed E-state index contributed by atoms with van der Waals surface area (Å²) >= 11 is 0. The van der Waals surface area contributed by atoms with Gasteiger partial charge in [-0.15, -0.1) is 0 Å². The third-order valence-corrected chi connectivity index (χ3v) is 2.97. The Morgan fingerprint density at radius 3 is 2.43 bits per heavy atom. The Morgan fingerprint density at radius 2 is 1.81 bits per heavy atom. The molecule has 0 aliphatic carbocycles. The molecule has 1 aromatic carbocycles. The lowest BCUT2D eigenvalue weighted by molar-refractivity contribution is -0.141. The summed E-state index contributed by atoms with van der Waals surface area (Å²) in [4.78, 5) is 23.7. The molecule has 0 fully saturated rings. The smallest absolute Gasteiger partial charge is 0.380 e. The maximum Gasteiger partial charge on any atom is 0.380 e. The minimum atomic E-state index is -0.800. The van der Waals surface area contributed by atoms with Crippen molar-refractivity contribution in [1.82, 2.24) is 0 Å². The molecule has 1 aromatic rings. The normalized spacial score (nSPS) is 12.7. The molecule has 0 bridgehead atoms. The lowest BCUT2D eigenvalue weighted by Gasteiger charge is -2.11. The molecule has 0 aromatic heterocycles. The lowest BCUT2D eigenvalue weighted by atomic mass is 10.1. The van der Waals surface area contributed by atoms with Gasteiger partial charge in [0, 0.05) is 5.56 Å². The van der Waals surface area contributed by atoms with Crippen LogP contribution < -0.4 is 0 Å². The van der Waals surface area contributed by atoms with Gasteiger partial charge in [-0.25, -0.2) is 4.79 Å². The van der Waals surface area contributed by atoms with Crippen molar-refractivity contribution in [2.24, 2.45) is 0 Å². The van der Waals surface area contributed by atoms with E-state index < -0.39 is 11.8 Å². The Bertz CT molecular complexity index is 500. The third kappa shape index (κ3) is 6.21. The first kappa shape index (κ1) is 16.9. The number of carbonyl (C=O) groups excluding carboxylic acids is 2. The van der Waals surface area contributed by atoms with Crippen LogP contribution in [0, 0.1) is 0 Å². The molecule has 0 amide bonds. The van der Waals surface area contributed by atoms with Crippen LogP contribution >= 0.6 is 0 Å². The highest BCUT2D eigenvalue weighted by molar-refractivity contribution is 6.40. The first-order valence-corrected chi connectivity index (χ1v) is 7.27. The van der Waals surface area contributed by atoms with E-state index in [0.29, 0.717) is 12.0 Å². The molecule has 1 rings (SSSR count). The molecule has 0 aliphatic rings. The minimum absolute atomic E-state index is 0.351. The van der Waals surface area contributed by atoms with Crippen LogP contribution in [0.3, 0.4) is 0 Å². The number of ketones is 1. The van der Waals surface area contributed by atoms with Crippen molar-refractivity contribution in [2.45, 2.75) is 39.2 Å². The number of allylic oxidation sites excluding steroid dienone is 3. The molecule has 1 atom stereocenters. The van der Waals surface area contributed by atoms with E-state index in [-0.39, 0.29) is 6.10 Å². The molecule has 0 N–H and O–H groups in total. The number of carbonyl (C=O) groups is 2.